The third kappa shape index (κ3) is 2.08. The first-order chi connectivity index (χ1) is 7.99. The number of aliphatic carboxylic acids is 2. The van der Waals surface area contributed by atoms with Gasteiger partial charge in [0.25, 0.3) is 0 Å². The molecule has 1 aliphatic rings. The van der Waals surface area contributed by atoms with Crippen LogP contribution in [0.25, 0.3) is 0 Å². The molecule has 0 fully saturated rings. The molecule has 1 aliphatic heterocycles. The molecule has 2 N–H and O–H groups in total. The summed E-state index contributed by atoms with van der Waals surface area (Å²) in [5.41, 5.74) is 1.74. The number of carboxylic acids is 2. The van der Waals surface area contributed by atoms with E-state index in [-0.39, 0.29) is 6.42 Å². The third-order valence-electron chi connectivity index (χ3n) is 2.84. The van der Waals surface area contributed by atoms with Gasteiger partial charge in [-0.25, -0.2) is 4.79 Å². The standard InChI is InChI=1S/C12H12O5/c1-6-2-3-9-7(4-6)5-8(11(13)14)10(17-9)12(15)16/h2-4,8,10H,5H2,1H3,(H,13,14)(H,15,16). The normalized spacial score (nSPS) is 22.4. The van der Waals surface area contributed by atoms with Gasteiger partial charge in [0.2, 0.25) is 6.10 Å². The smallest absolute Gasteiger partial charge is 0.345 e. The second-order valence-electron chi connectivity index (χ2n) is 4.14. The molecule has 0 saturated heterocycles. The maximum atomic E-state index is 11.0. The highest BCUT2D eigenvalue weighted by Crippen LogP contribution is 2.31. The minimum Gasteiger partial charge on any atom is -0.481 e. The predicted octanol–water partition coefficient (Wildman–Crippen LogP) is 1.08. The van der Waals surface area contributed by atoms with Crippen molar-refractivity contribution in [3.8, 4) is 5.75 Å². The van der Waals surface area contributed by atoms with E-state index in [9.17, 15) is 9.59 Å². The van der Waals surface area contributed by atoms with Gasteiger partial charge in [-0.3, -0.25) is 4.79 Å². The van der Waals surface area contributed by atoms with Gasteiger partial charge in [0.05, 0.1) is 0 Å². The number of aryl methyl sites for hydroxylation is 1. The molecule has 2 atom stereocenters. The average molecular weight is 236 g/mol. The van der Waals surface area contributed by atoms with E-state index < -0.39 is 24.0 Å². The molecule has 2 unspecified atom stereocenters. The van der Waals surface area contributed by atoms with Crippen molar-refractivity contribution < 1.29 is 24.5 Å². The Morgan fingerprint density at radius 2 is 2.00 bits per heavy atom. The highest BCUT2D eigenvalue weighted by atomic mass is 16.5. The lowest BCUT2D eigenvalue weighted by Gasteiger charge is -2.28. The van der Waals surface area contributed by atoms with E-state index in [4.69, 9.17) is 14.9 Å². The molecule has 0 bridgehead atoms. The zero-order valence-electron chi connectivity index (χ0n) is 9.21. The molecule has 0 amide bonds. The maximum Gasteiger partial charge on any atom is 0.345 e. The van der Waals surface area contributed by atoms with Crippen LogP contribution in [0, 0.1) is 12.8 Å². The quantitative estimate of drug-likeness (QED) is 0.802. The van der Waals surface area contributed by atoms with Crippen molar-refractivity contribution in [1.29, 1.82) is 0 Å². The predicted molar refractivity (Wildman–Crippen MR) is 58.1 cm³/mol. The first-order valence-corrected chi connectivity index (χ1v) is 5.21. The Morgan fingerprint density at radius 1 is 1.29 bits per heavy atom. The lowest BCUT2D eigenvalue weighted by Crippen LogP contribution is -2.43. The Balaban J connectivity index is 2.39. The first kappa shape index (κ1) is 11.4. The van der Waals surface area contributed by atoms with Crippen molar-refractivity contribution in [1.82, 2.24) is 0 Å². The molecule has 0 aliphatic carbocycles. The van der Waals surface area contributed by atoms with Gasteiger partial charge in [0.15, 0.2) is 0 Å². The SMILES string of the molecule is Cc1ccc2c(c1)CC(C(=O)O)C(C(=O)O)O2. The van der Waals surface area contributed by atoms with Crippen molar-refractivity contribution >= 4 is 11.9 Å². The Kier molecular flexibility index (Phi) is 2.75. The summed E-state index contributed by atoms with van der Waals surface area (Å²) in [6.07, 6.45) is -1.13. The largest absolute Gasteiger partial charge is 0.481 e. The molecular weight excluding hydrogens is 224 g/mol. The number of benzene rings is 1. The Bertz CT molecular complexity index is 480. The average Bonchev–Trinajstić information content (AvgIpc) is 2.26. The Hall–Kier alpha value is -2.04. The van der Waals surface area contributed by atoms with E-state index in [1.165, 1.54) is 0 Å². The van der Waals surface area contributed by atoms with Gasteiger partial charge in [-0.05, 0) is 25.0 Å². The zero-order chi connectivity index (χ0) is 12.6. The van der Waals surface area contributed by atoms with Crippen molar-refractivity contribution in [2.45, 2.75) is 19.4 Å². The van der Waals surface area contributed by atoms with E-state index in [1.54, 1.807) is 12.1 Å². The molecular formula is C12H12O5. The van der Waals surface area contributed by atoms with Gasteiger partial charge < -0.3 is 14.9 Å². The van der Waals surface area contributed by atoms with Crippen LogP contribution >= 0.6 is 0 Å². The van der Waals surface area contributed by atoms with Crippen LogP contribution in [0.1, 0.15) is 11.1 Å². The lowest BCUT2D eigenvalue weighted by molar-refractivity contribution is -0.158. The van der Waals surface area contributed by atoms with E-state index in [1.807, 2.05) is 13.0 Å². The van der Waals surface area contributed by atoms with Gasteiger partial charge in [-0.1, -0.05) is 17.7 Å². The minimum absolute atomic E-state index is 0.184. The van der Waals surface area contributed by atoms with Gasteiger partial charge >= 0.3 is 11.9 Å². The highest BCUT2D eigenvalue weighted by molar-refractivity contribution is 5.83. The van der Waals surface area contributed by atoms with Crippen LogP contribution in [0.15, 0.2) is 18.2 Å². The molecule has 0 radical (unpaired) electrons. The summed E-state index contributed by atoms with van der Waals surface area (Å²) >= 11 is 0. The second-order valence-corrected chi connectivity index (χ2v) is 4.14. The van der Waals surface area contributed by atoms with E-state index in [0.29, 0.717) is 5.75 Å². The van der Waals surface area contributed by atoms with Crippen molar-refractivity contribution in [3.05, 3.63) is 29.3 Å². The molecule has 1 heterocycles. The van der Waals surface area contributed by atoms with Crippen LogP contribution < -0.4 is 4.74 Å². The van der Waals surface area contributed by atoms with Crippen LogP contribution in [-0.2, 0) is 16.0 Å². The van der Waals surface area contributed by atoms with Crippen LogP contribution in [0.3, 0.4) is 0 Å². The first-order valence-electron chi connectivity index (χ1n) is 5.21. The summed E-state index contributed by atoms with van der Waals surface area (Å²) < 4.78 is 5.24. The Labute approximate surface area is 97.6 Å². The van der Waals surface area contributed by atoms with E-state index >= 15 is 0 Å². The minimum atomic E-state index is -1.32. The third-order valence-corrected chi connectivity index (χ3v) is 2.84. The molecule has 0 aromatic heterocycles. The molecule has 0 spiro atoms. The van der Waals surface area contributed by atoms with Gasteiger partial charge in [0.1, 0.15) is 11.7 Å². The molecule has 2 rings (SSSR count). The van der Waals surface area contributed by atoms with Crippen LogP contribution in [-0.4, -0.2) is 28.3 Å². The number of carboxylic acid groups (broad SMARTS) is 2. The number of rotatable bonds is 2. The number of ether oxygens (including phenoxy) is 1. The molecule has 90 valence electrons. The molecule has 1 aromatic carbocycles. The van der Waals surface area contributed by atoms with E-state index in [0.717, 1.165) is 11.1 Å². The Morgan fingerprint density at radius 3 is 2.59 bits per heavy atom. The number of fused-ring (bicyclic) bond motifs is 1. The van der Waals surface area contributed by atoms with Crippen molar-refractivity contribution in [2.75, 3.05) is 0 Å². The fourth-order valence-electron chi connectivity index (χ4n) is 1.98. The molecule has 0 saturated carbocycles. The molecule has 17 heavy (non-hydrogen) atoms. The maximum absolute atomic E-state index is 11.0. The molecule has 5 heteroatoms. The topological polar surface area (TPSA) is 83.8 Å². The van der Waals surface area contributed by atoms with Gasteiger partial charge in [-0.2, -0.15) is 0 Å². The summed E-state index contributed by atoms with van der Waals surface area (Å²) in [6, 6.07) is 5.31. The summed E-state index contributed by atoms with van der Waals surface area (Å²) in [4.78, 5) is 22.0. The second kappa shape index (κ2) is 4.08. The van der Waals surface area contributed by atoms with Crippen LogP contribution in [0.5, 0.6) is 5.75 Å². The van der Waals surface area contributed by atoms with E-state index in [2.05, 4.69) is 0 Å². The summed E-state index contributed by atoms with van der Waals surface area (Å²) in [5, 5.41) is 18.0. The number of hydrogen-bond donors (Lipinski definition) is 2. The molecule has 5 nitrogen and oxygen atoms in total. The fraction of sp³-hybridized carbons (Fsp3) is 0.333. The summed E-state index contributed by atoms with van der Waals surface area (Å²) in [7, 11) is 0. The zero-order valence-corrected chi connectivity index (χ0v) is 9.21. The summed E-state index contributed by atoms with van der Waals surface area (Å²) in [6.45, 7) is 1.89. The lowest BCUT2D eigenvalue weighted by atomic mass is 9.90. The number of carbonyl (C=O) groups is 2. The van der Waals surface area contributed by atoms with Gasteiger partial charge in [-0.15, -0.1) is 0 Å². The van der Waals surface area contributed by atoms with Crippen molar-refractivity contribution in [2.24, 2.45) is 5.92 Å². The van der Waals surface area contributed by atoms with Crippen LogP contribution in [0.2, 0.25) is 0 Å². The summed E-state index contributed by atoms with van der Waals surface area (Å²) in [5.74, 6) is -2.98. The molecule has 1 aromatic rings. The van der Waals surface area contributed by atoms with Gasteiger partial charge in [0, 0.05) is 0 Å². The number of hydrogen-bond acceptors (Lipinski definition) is 3. The van der Waals surface area contributed by atoms with Crippen molar-refractivity contribution in [3.63, 3.8) is 0 Å². The monoisotopic (exact) mass is 236 g/mol. The fourth-order valence-corrected chi connectivity index (χ4v) is 1.98. The highest BCUT2D eigenvalue weighted by Gasteiger charge is 2.40. The van der Waals surface area contributed by atoms with Crippen LogP contribution in [0.4, 0.5) is 0 Å².